The zero-order valence-corrected chi connectivity index (χ0v) is 24.8. The van der Waals surface area contributed by atoms with Gasteiger partial charge in [-0.05, 0) is 47.1 Å². The van der Waals surface area contributed by atoms with Gasteiger partial charge < -0.3 is 31.5 Å². The van der Waals surface area contributed by atoms with Gasteiger partial charge in [0.25, 0.3) is 5.91 Å². The second kappa shape index (κ2) is 13.8. The monoisotopic (exact) mass is 615 g/mol. The summed E-state index contributed by atoms with van der Waals surface area (Å²) in [7, 11) is 0. The number of aliphatic hydroxyl groups is 1. The first-order valence-corrected chi connectivity index (χ1v) is 14.0. The van der Waals surface area contributed by atoms with E-state index >= 15 is 0 Å². The molecule has 0 saturated heterocycles. The zero-order chi connectivity index (χ0) is 29.4. The van der Waals surface area contributed by atoms with Gasteiger partial charge in [-0.25, -0.2) is 0 Å². The Balaban J connectivity index is 1.70. The summed E-state index contributed by atoms with van der Waals surface area (Å²) >= 11 is 3.49. The number of nitrogens with one attached hydrogen (secondary N) is 4. The predicted molar refractivity (Wildman–Crippen MR) is 158 cm³/mol. The van der Waals surface area contributed by atoms with Gasteiger partial charge in [0.1, 0.15) is 0 Å². The molecule has 3 atom stereocenters. The molecular formula is C29H38BrN5O5. The molecule has 1 heterocycles. The number of hydrogen-bond acceptors (Lipinski definition) is 7. The quantitative estimate of drug-likeness (QED) is 0.263. The van der Waals surface area contributed by atoms with Crippen LogP contribution in [0.1, 0.15) is 57.7 Å². The number of amides is 2. The number of halogens is 1. The van der Waals surface area contributed by atoms with Crippen molar-refractivity contribution in [2.24, 2.45) is 10.9 Å². The van der Waals surface area contributed by atoms with Crippen molar-refractivity contribution in [3.63, 3.8) is 0 Å². The molecule has 0 fully saturated rings. The fourth-order valence-corrected chi connectivity index (χ4v) is 4.71. The number of carboxylic acid groups (broad SMARTS) is 1. The molecule has 0 radical (unpaired) electrons. The highest BCUT2D eigenvalue weighted by molar-refractivity contribution is 9.10. The largest absolute Gasteiger partial charge is 0.481 e. The maximum absolute atomic E-state index is 13.0. The van der Waals surface area contributed by atoms with E-state index in [4.69, 9.17) is 0 Å². The Morgan fingerprint density at radius 3 is 2.62 bits per heavy atom. The lowest BCUT2D eigenvalue weighted by molar-refractivity contribution is -0.138. The Morgan fingerprint density at radius 2 is 1.98 bits per heavy atom. The van der Waals surface area contributed by atoms with Gasteiger partial charge in [0, 0.05) is 22.3 Å². The number of carbonyl (C=O) groups is 3. The molecule has 1 aromatic rings. The third-order valence-electron chi connectivity index (χ3n) is 6.38. The minimum atomic E-state index is -1.05. The number of aliphatic hydroxyl groups excluding tert-OH is 1. The number of rotatable bonds is 8. The number of hydrogen-bond donors (Lipinski definition) is 6. The minimum Gasteiger partial charge on any atom is -0.481 e. The van der Waals surface area contributed by atoms with Gasteiger partial charge in [0.2, 0.25) is 5.91 Å². The number of aliphatic imine (C=N–C) groups is 1. The van der Waals surface area contributed by atoms with E-state index in [1.807, 2.05) is 24.3 Å². The molecular weight excluding hydrogens is 578 g/mol. The van der Waals surface area contributed by atoms with Crippen molar-refractivity contribution in [3.8, 4) is 0 Å². The number of β-amino-alcohol motifs (C(OH)–C–C–N with tert-alkyl or cyclic N) is 1. The fourth-order valence-electron chi connectivity index (χ4n) is 4.20. The van der Waals surface area contributed by atoms with Crippen molar-refractivity contribution in [2.75, 3.05) is 19.6 Å². The second-order valence-corrected chi connectivity index (χ2v) is 12.0. The van der Waals surface area contributed by atoms with E-state index < -0.39 is 29.9 Å². The molecule has 10 nitrogen and oxygen atoms in total. The van der Waals surface area contributed by atoms with Gasteiger partial charge in [-0.3, -0.25) is 19.4 Å². The summed E-state index contributed by atoms with van der Waals surface area (Å²) in [6, 6.07) is 4.89. The molecule has 0 spiro atoms. The van der Waals surface area contributed by atoms with Crippen LogP contribution in [0.5, 0.6) is 0 Å². The van der Waals surface area contributed by atoms with E-state index in [-0.39, 0.29) is 30.8 Å². The number of aliphatic carboxylic acids is 1. The lowest BCUT2D eigenvalue weighted by Gasteiger charge is -2.24. The lowest BCUT2D eigenvalue weighted by Crippen LogP contribution is -2.45. The Hall–Kier alpha value is -3.44. The molecule has 2 unspecified atom stereocenters. The Morgan fingerprint density at radius 1 is 1.23 bits per heavy atom. The van der Waals surface area contributed by atoms with Crippen LogP contribution in [0.25, 0.3) is 0 Å². The summed E-state index contributed by atoms with van der Waals surface area (Å²) in [6.45, 7) is 8.55. The van der Waals surface area contributed by atoms with Gasteiger partial charge >= 0.3 is 5.97 Å². The lowest BCUT2D eigenvalue weighted by atomic mass is 9.85. The molecule has 1 aromatic carbocycles. The molecule has 40 heavy (non-hydrogen) atoms. The van der Waals surface area contributed by atoms with Crippen LogP contribution in [0.3, 0.4) is 0 Å². The van der Waals surface area contributed by atoms with Crippen LogP contribution in [0.4, 0.5) is 0 Å². The molecule has 0 aromatic heterocycles. The Labute approximate surface area is 243 Å². The van der Waals surface area contributed by atoms with Crippen molar-refractivity contribution < 1.29 is 24.6 Å². The Kier molecular flexibility index (Phi) is 10.7. The molecule has 2 amide bonds. The van der Waals surface area contributed by atoms with Gasteiger partial charge in [0.05, 0.1) is 31.7 Å². The summed E-state index contributed by atoms with van der Waals surface area (Å²) in [5, 5.41) is 30.7. The number of nitrogens with zero attached hydrogens (tertiary/aromatic N) is 1. The van der Waals surface area contributed by atoms with E-state index in [0.29, 0.717) is 29.3 Å². The first kappa shape index (κ1) is 31.1. The minimum absolute atomic E-state index is 0.177. The standard InChI is InChI=1S/C29H38BrN5O5/c1-17-6-5-7-18(11-22(8-17)34-28-32-14-23(36)15-33-28)27(40)31-16-25(37)35-24(13-26(38)39)19-9-20(29(2,3)4)12-21(30)10-19/h5,7-12,17,23-24,36H,6,13-16H2,1-4H3,(H,31,40)(H,35,37)(H,38,39)(H2,32,33,34)/b7-5+,18-11+,22-8+/t17?,24-/m0/s1. The third kappa shape index (κ3) is 9.63. The number of carboxylic acids is 1. The normalized spacial score (nSPS) is 23.4. The molecule has 0 saturated carbocycles. The summed E-state index contributed by atoms with van der Waals surface area (Å²) in [4.78, 5) is 41.7. The summed E-state index contributed by atoms with van der Waals surface area (Å²) in [6.07, 6.45) is 7.15. The molecule has 3 rings (SSSR count). The molecule has 1 aliphatic carbocycles. The smallest absolute Gasteiger partial charge is 0.305 e. The second-order valence-electron chi connectivity index (χ2n) is 11.1. The van der Waals surface area contributed by atoms with Crippen LogP contribution >= 0.6 is 15.9 Å². The van der Waals surface area contributed by atoms with E-state index in [2.05, 4.69) is 69.9 Å². The molecule has 2 aliphatic rings. The molecule has 0 bridgehead atoms. The topological polar surface area (TPSA) is 152 Å². The van der Waals surface area contributed by atoms with Crippen molar-refractivity contribution in [1.29, 1.82) is 0 Å². The fraction of sp³-hybridized carbons (Fsp3) is 0.448. The molecule has 6 N–H and O–H groups in total. The molecule has 11 heteroatoms. The van der Waals surface area contributed by atoms with Gasteiger partial charge in [-0.2, -0.15) is 0 Å². The van der Waals surface area contributed by atoms with Gasteiger partial charge in [0.15, 0.2) is 5.96 Å². The maximum atomic E-state index is 13.0. The van der Waals surface area contributed by atoms with Crippen molar-refractivity contribution in [2.45, 2.75) is 58.1 Å². The predicted octanol–water partition coefficient (Wildman–Crippen LogP) is 2.81. The van der Waals surface area contributed by atoms with E-state index in [1.54, 1.807) is 18.2 Å². The number of allylic oxidation sites excluding steroid dienone is 3. The average Bonchev–Trinajstić information content (AvgIpc) is 2.85. The van der Waals surface area contributed by atoms with Crippen LogP contribution in [0, 0.1) is 5.92 Å². The summed E-state index contributed by atoms with van der Waals surface area (Å²) in [5.41, 5.74) is 2.49. The van der Waals surface area contributed by atoms with Crippen LogP contribution in [0.2, 0.25) is 0 Å². The average molecular weight is 617 g/mol. The first-order valence-electron chi connectivity index (χ1n) is 13.2. The number of benzene rings is 1. The van der Waals surface area contributed by atoms with Crippen LogP contribution in [0.15, 0.2) is 63.2 Å². The van der Waals surface area contributed by atoms with Gasteiger partial charge in [-0.15, -0.1) is 0 Å². The van der Waals surface area contributed by atoms with Crippen molar-refractivity contribution in [1.82, 2.24) is 21.3 Å². The molecule has 216 valence electrons. The highest BCUT2D eigenvalue weighted by Crippen LogP contribution is 2.30. The third-order valence-corrected chi connectivity index (χ3v) is 6.84. The zero-order valence-electron chi connectivity index (χ0n) is 23.3. The van der Waals surface area contributed by atoms with Gasteiger partial charge in [-0.1, -0.05) is 67.9 Å². The summed E-state index contributed by atoms with van der Waals surface area (Å²) < 4.78 is 0.785. The summed E-state index contributed by atoms with van der Waals surface area (Å²) in [5.74, 6) is -1.29. The van der Waals surface area contributed by atoms with Crippen LogP contribution in [-0.4, -0.2) is 59.7 Å². The van der Waals surface area contributed by atoms with E-state index in [1.165, 1.54) is 0 Å². The SMILES string of the molecule is CC1\C=C(NC2=NCC(O)CN2)/C=C(C(=O)NCC(=O)N[C@@H](CC(=O)O)c2cc(Br)cc(C(C)(C)C)c2)\C=C\C1. The highest BCUT2D eigenvalue weighted by Gasteiger charge is 2.23. The number of carbonyl (C=O) groups excluding carboxylic acids is 2. The molecule has 1 aliphatic heterocycles. The van der Waals surface area contributed by atoms with Crippen molar-refractivity contribution >= 4 is 39.7 Å². The van der Waals surface area contributed by atoms with Crippen LogP contribution in [-0.2, 0) is 19.8 Å². The highest BCUT2D eigenvalue weighted by atomic mass is 79.9. The number of guanidine groups is 1. The van der Waals surface area contributed by atoms with Crippen LogP contribution < -0.4 is 21.3 Å². The van der Waals surface area contributed by atoms with E-state index in [0.717, 1.165) is 16.5 Å². The van der Waals surface area contributed by atoms with E-state index in [9.17, 15) is 24.6 Å². The first-order chi connectivity index (χ1) is 18.8. The maximum Gasteiger partial charge on any atom is 0.305 e. The Bertz CT molecular complexity index is 1250. The van der Waals surface area contributed by atoms with Crippen molar-refractivity contribution in [3.05, 3.63) is 69.4 Å².